The van der Waals surface area contributed by atoms with Gasteiger partial charge in [0.2, 0.25) is 0 Å². The van der Waals surface area contributed by atoms with Gasteiger partial charge in [-0.25, -0.2) is 4.79 Å². The van der Waals surface area contributed by atoms with Crippen molar-refractivity contribution in [1.82, 2.24) is 0 Å². The summed E-state index contributed by atoms with van der Waals surface area (Å²) >= 11 is 0. The van der Waals surface area contributed by atoms with Gasteiger partial charge in [-0.1, -0.05) is 6.08 Å². The van der Waals surface area contributed by atoms with Gasteiger partial charge < -0.3 is 4.74 Å². The molecule has 0 atom stereocenters. The Kier molecular flexibility index (Phi) is 2.29. The standard InChI is InChI=1S/C9H9O2/c1-7-3-4-9(11-2)5-8(7)6-10/h3-4H,1,5H2,2H3. The molecular weight excluding hydrogens is 140 g/mol. The van der Waals surface area contributed by atoms with Gasteiger partial charge in [0.1, 0.15) is 11.7 Å². The van der Waals surface area contributed by atoms with Crippen LogP contribution < -0.4 is 0 Å². The lowest BCUT2D eigenvalue weighted by atomic mass is 10.0. The highest BCUT2D eigenvalue weighted by Crippen LogP contribution is 2.21. The largest absolute Gasteiger partial charge is 0.501 e. The van der Waals surface area contributed by atoms with Crippen molar-refractivity contribution in [1.29, 1.82) is 0 Å². The monoisotopic (exact) mass is 149 g/mol. The third-order valence-corrected chi connectivity index (χ3v) is 1.59. The van der Waals surface area contributed by atoms with Crippen LogP contribution in [0.2, 0.25) is 0 Å². The van der Waals surface area contributed by atoms with Crippen molar-refractivity contribution in [3.05, 3.63) is 36.0 Å². The highest BCUT2D eigenvalue weighted by atomic mass is 16.5. The van der Waals surface area contributed by atoms with E-state index in [2.05, 4.69) is 6.92 Å². The Hall–Kier alpha value is -1.27. The molecule has 0 aromatic carbocycles. The fraction of sp³-hybridized carbons (Fsp3) is 0.222. The van der Waals surface area contributed by atoms with Gasteiger partial charge in [-0.15, -0.1) is 0 Å². The van der Waals surface area contributed by atoms with E-state index in [0.29, 0.717) is 12.0 Å². The van der Waals surface area contributed by atoms with Gasteiger partial charge in [0.25, 0.3) is 0 Å². The SMILES string of the molecule is [CH2]C1=CC=C(OC)CC1=C=O. The zero-order chi connectivity index (χ0) is 8.27. The summed E-state index contributed by atoms with van der Waals surface area (Å²) < 4.78 is 4.96. The second-order valence-corrected chi connectivity index (χ2v) is 2.29. The normalized spacial score (nSPS) is 16.7. The molecule has 0 amide bonds. The maximum Gasteiger partial charge on any atom is 0.128 e. The summed E-state index contributed by atoms with van der Waals surface area (Å²) in [5, 5.41) is 0. The van der Waals surface area contributed by atoms with Crippen molar-refractivity contribution >= 4 is 5.94 Å². The molecule has 0 bridgehead atoms. The summed E-state index contributed by atoms with van der Waals surface area (Å²) in [4.78, 5) is 10.3. The molecule has 0 unspecified atom stereocenters. The van der Waals surface area contributed by atoms with E-state index in [0.717, 1.165) is 11.3 Å². The molecule has 1 aliphatic rings. The molecule has 0 aliphatic heterocycles. The Morgan fingerprint density at radius 2 is 2.36 bits per heavy atom. The quantitative estimate of drug-likeness (QED) is 0.527. The Bertz CT molecular complexity index is 265. The summed E-state index contributed by atoms with van der Waals surface area (Å²) in [6, 6.07) is 0. The summed E-state index contributed by atoms with van der Waals surface area (Å²) in [6.07, 6.45) is 4.07. The van der Waals surface area contributed by atoms with Crippen molar-refractivity contribution in [3.63, 3.8) is 0 Å². The molecule has 0 N–H and O–H groups in total. The summed E-state index contributed by atoms with van der Waals surface area (Å²) in [5.41, 5.74) is 1.30. The summed E-state index contributed by atoms with van der Waals surface area (Å²) in [5.74, 6) is 2.61. The molecular formula is C9H9O2. The van der Waals surface area contributed by atoms with E-state index in [-0.39, 0.29) is 0 Å². The predicted octanol–water partition coefficient (Wildman–Crippen LogP) is 1.44. The first-order valence-corrected chi connectivity index (χ1v) is 3.29. The minimum absolute atomic E-state index is 0.509. The molecule has 0 aromatic heterocycles. The molecule has 0 heterocycles. The van der Waals surface area contributed by atoms with Crippen molar-refractivity contribution in [2.24, 2.45) is 0 Å². The molecule has 2 nitrogen and oxygen atoms in total. The first kappa shape index (κ1) is 7.83. The van der Waals surface area contributed by atoms with Crippen LogP contribution in [0.5, 0.6) is 0 Å². The van der Waals surface area contributed by atoms with Crippen LogP contribution in [0.4, 0.5) is 0 Å². The average molecular weight is 149 g/mol. The van der Waals surface area contributed by atoms with Gasteiger partial charge in [-0.05, 0) is 18.6 Å². The van der Waals surface area contributed by atoms with E-state index in [1.807, 2.05) is 12.0 Å². The Balaban J connectivity index is 2.92. The molecule has 1 radical (unpaired) electrons. The van der Waals surface area contributed by atoms with Crippen LogP contribution in [-0.2, 0) is 9.53 Å². The van der Waals surface area contributed by atoms with E-state index in [1.165, 1.54) is 0 Å². The Morgan fingerprint density at radius 3 is 2.91 bits per heavy atom. The Morgan fingerprint density at radius 1 is 1.64 bits per heavy atom. The van der Waals surface area contributed by atoms with Crippen LogP contribution in [0.15, 0.2) is 29.1 Å². The minimum atomic E-state index is 0.509. The molecule has 2 heteroatoms. The van der Waals surface area contributed by atoms with Crippen LogP contribution in [-0.4, -0.2) is 13.1 Å². The highest BCUT2D eigenvalue weighted by Gasteiger charge is 2.09. The molecule has 57 valence electrons. The maximum absolute atomic E-state index is 10.3. The topological polar surface area (TPSA) is 26.3 Å². The van der Waals surface area contributed by atoms with E-state index in [9.17, 15) is 4.79 Å². The zero-order valence-electron chi connectivity index (χ0n) is 6.39. The van der Waals surface area contributed by atoms with E-state index in [4.69, 9.17) is 4.74 Å². The third-order valence-electron chi connectivity index (χ3n) is 1.59. The summed E-state index contributed by atoms with van der Waals surface area (Å²) in [7, 11) is 1.58. The number of methoxy groups -OCH3 is 1. The number of hydrogen-bond donors (Lipinski definition) is 0. The van der Waals surface area contributed by atoms with Crippen LogP contribution >= 0.6 is 0 Å². The summed E-state index contributed by atoms with van der Waals surface area (Å²) in [6.45, 7) is 3.68. The Labute approximate surface area is 65.9 Å². The molecule has 0 saturated carbocycles. The minimum Gasteiger partial charge on any atom is -0.501 e. The number of hydrogen-bond acceptors (Lipinski definition) is 2. The predicted molar refractivity (Wildman–Crippen MR) is 42.4 cm³/mol. The number of rotatable bonds is 1. The first-order valence-electron chi connectivity index (χ1n) is 3.29. The second-order valence-electron chi connectivity index (χ2n) is 2.29. The average Bonchev–Trinajstić information content (AvgIpc) is 2.05. The van der Waals surface area contributed by atoms with Gasteiger partial charge in [0.15, 0.2) is 0 Å². The van der Waals surface area contributed by atoms with Crippen LogP contribution in [0.1, 0.15) is 6.42 Å². The number of allylic oxidation sites excluding steroid dienone is 4. The van der Waals surface area contributed by atoms with Crippen molar-refractivity contribution in [2.45, 2.75) is 6.42 Å². The fourth-order valence-electron chi connectivity index (χ4n) is 0.883. The lowest BCUT2D eigenvalue weighted by molar-refractivity contribution is 0.283. The maximum atomic E-state index is 10.3. The van der Waals surface area contributed by atoms with E-state index >= 15 is 0 Å². The fourth-order valence-corrected chi connectivity index (χ4v) is 0.883. The third kappa shape index (κ3) is 1.60. The lowest BCUT2D eigenvalue weighted by Crippen LogP contribution is -1.97. The van der Waals surface area contributed by atoms with Crippen LogP contribution in [0, 0.1) is 6.92 Å². The lowest BCUT2D eigenvalue weighted by Gasteiger charge is -2.10. The van der Waals surface area contributed by atoms with Gasteiger partial charge in [0.05, 0.1) is 7.11 Å². The van der Waals surface area contributed by atoms with Crippen LogP contribution in [0.3, 0.4) is 0 Å². The van der Waals surface area contributed by atoms with Crippen molar-refractivity contribution < 1.29 is 9.53 Å². The highest BCUT2D eigenvalue weighted by molar-refractivity contribution is 5.64. The number of carbonyl (C=O) groups excluding carboxylic acids is 1. The van der Waals surface area contributed by atoms with Gasteiger partial charge in [-0.2, -0.15) is 0 Å². The molecule has 11 heavy (non-hydrogen) atoms. The molecule has 0 spiro atoms. The molecule has 1 rings (SSSR count). The van der Waals surface area contributed by atoms with Crippen molar-refractivity contribution in [2.75, 3.05) is 7.11 Å². The van der Waals surface area contributed by atoms with E-state index < -0.39 is 0 Å². The van der Waals surface area contributed by atoms with Gasteiger partial charge in [0, 0.05) is 12.0 Å². The first-order chi connectivity index (χ1) is 5.27. The molecule has 1 aliphatic carbocycles. The van der Waals surface area contributed by atoms with Gasteiger partial charge in [-0.3, -0.25) is 0 Å². The van der Waals surface area contributed by atoms with Crippen LogP contribution in [0.25, 0.3) is 0 Å². The van der Waals surface area contributed by atoms with Crippen molar-refractivity contribution in [3.8, 4) is 0 Å². The number of ether oxygens (including phenoxy) is 1. The molecule has 0 fully saturated rings. The van der Waals surface area contributed by atoms with Gasteiger partial charge >= 0.3 is 0 Å². The van der Waals surface area contributed by atoms with E-state index in [1.54, 1.807) is 13.2 Å². The second kappa shape index (κ2) is 3.22. The molecule has 0 aromatic rings. The molecule has 0 saturated heterocycles. The zero-order valence-corrected chi connectivity index (χ0v) is 6.39. The smallest absolute Gasteiger partial charge is 0.128 e.